The van der Waals surface area contributed by atoms with E-state index in [4.69, 9.17) is 15.2 Å². The summed E-state index contributed by atoms with van der Waals surface area (Å²) in [6, 6.07) is 3.20. The zero-order chi connectivity index (χ0) is 13.4. The van der Waals surface area contributed by atoms with Gasteiger partial charge in [0.25, 0.3) is 5.91 Å². The van der Waals surface area contributed by atoms with Crippen molar-refractivity contribution in [3.63, 3.8) is 0 Å². The largest absolute Gasteiger partial charge is 0.397 e. The SMILES string of the molecule is CCOC(CNC(=O)c1ccc(N)cn1)OCC. The van der Waals surface area contributed by atoms with E-state index in [0.717, 1.165) is 0 Å². The molecular weight excluding hydrogens is 234 g/mol. The highest BCUT2D eigenvalue weighted by Crippen LogP contribution is 2.01. The summed E-state index contributed by atoms with van der Waals surface area (Å²) < 4.78 is 10.6. The lowest BCUT2D eigenvalue weighted by Gasteiger charge is -2.17. The first-order chi connectivity index (χ1) is 8.67. The minimum atomic E-state index is -0.433. The first kappa shape index (κ1) is 14.4. The predicted molar refractivity (Wildman–Crippen MR) is 68.0 cm³/mol. The number of carbonyl (C=O) groups is 1. The second kappa shape index (κ2) is 7.62. The lowest BCUT2D eigenvalue weighted by Crippen LogP contribution is -2.35. The maximum Gasteiger partial charge on any atom is 0.270 e. The minimum absolute atomic E-state index is 0.278. The molecule has 100 valence electrons. The summed E-state index contributed by atoms with van der Waals surface area (Å²) in [4.78, 5) is 15.7. The van der Waals surface area contributed by atoms with Gasteiger partial charge in [0.2, 0.25) is 0 Å². The molecule has 0 radical (unpaired) electrons. The molecule has 0 atom stereocenters. The van der Waals surface area contributed by atoms with Crippen LogP contribution < -0.4 is 11.1 Å². The number of hydrogen-bond acceptors (Lipinski definition) is 5. The van der Waals surface area contributed by atoms with Crippen LogP contribution in [0.15, 0.2) is 18.3 Å². The van der Waals surface area contributed by atoms with Gasteiger partial charge in [0.05, 0.1) is 18.4 Å². The molecule has 1 aromatic rings. The number of nitrogen functional groups attached to an aromatic ring is 1. The normalized spacial score (nSPS) is 10.6. The highest BCUT2D eigenvalue weighted by molar-refractivity contribution is 5.92. The van der Waals surface area contributed by atoms with Gasteiger partial charge in [0, 0.05) is 13.2 Å². The van der Waals surface area contributed by atoms with Crippen molar-refractivity contribution in [1.29, 1.82) is 0 Å². The molecule has 1 heterocycles. The standard InChI is InChI=1S/C12H19N3O3/c1-3-17-11(18-4-2)8-15-12(16)10-6-5-9(13)7-14-10/h5-7,11H,3-4,8,13H2,1-2H3,(H,15,16). The summed E-state index contributed by atoms with van der Waals surface area (Å²) in [5.41, 5.74) is 6.33. The molecule has 0 saturated heterocycles. The van der Waals surface area contributed by atoms with Gasteiger partial charge in [0.15, 0.2) is 6.29 Å². The van der Waals surface area contributed by atoms with Crippen LogP contribution in [0.4, 0.5) is 5.69 Å². The lowest BCUT2D eigenvalue weighted by molar-refractivity contribution is -0.131. The number of amides is 1. The van der Waals surface area contributed by atoms with Crippen LogP contribution in [0.25, 0.3) is 0 Å². The number of carbonyl (C=O) groups excluding carboxylic acids is 1. The van der Waals surface area contributed by atoms with Gasteiger partial charge in [-0.25, -0.2) is 4.98 Å². The number of anilines is 1. The maximum absolute atomic E-state index is 11.7. The summed E-state index contributed by atoms with van der Waals surface area (Å²) in [5, 5.41) is 2.70. The molecule has 0 aliphatic heterocycles. The van der Waals surface area contributed by atoms with Gasteiger partial charge < -0.3 is 20.5 Å². The first-order valence-corrected chi connectivity index (χ1v) is 5.90. The second-order valence-corrected chi connectivity index (χ2v) is 3.53. The second-order valence-electron chi connectivity index (χ2n) is 3.53. The molecule has 0 spiro atoms. The number of pyridine rings is 1. The molecule has 6 heteroatoms. The Morgan fingerprint density at radius 3 is 2.56 bits per heavy atom. The van der Waals surface area contributed by atoms with Crippen LogP contribution in [-0.2, 0) is 9.47 Å². The average molecular weight is 253 g/mol. The van der Waals surface area contributed by atoms with Crippen molar-refractivity contribution in [1.82, 2.24) is 10.3 Å². The van der Waals surface area contributed by atoms with E-state index in [9.17, 15) is 4.79 Å². The molecule has 1 rings (SSSR count). The van der Waals surface area contributed by atoms with Crippen molar-refractivity contribution in [3.05, 3.63) is 24.0 Å². The molecule has 18 heavy (non-hydrogen) atoms. The van der Waals surface area contributed by atoms with Gasteiger partial charge in [0.1, 0.15) is 5.69 Å². The summed E-state index contributed by atoms with van der Waals surface area (Å²) >= 11 is 0. The zero-order valence-corrected chi connectivity index (χ0v) is 10.7. The summed E-state index contributed by atoms with van der Waals surface area (Å²) in [6.07, 6.45) is 1.01. The van der Waals surface area contributed by atoms with Gasteiger partial charge in [-0.2, -0.15) is 0 Å². The van der Waals surface area contributed by atoms with E-state index >= 15 is 0 Å². The number of nitrogens with two attached hydrogens (primary N) is 1. The van der Waals surface area contributed by atoms with Crippen LogP contribution in [0.5, 0.6) is 0 Å². The van der Waals surface area contributed by atoms with Crippen molar-refractivity contribution >= 4 is 11.6 Å². The Morgan fingerprint density at radius 2 is 2.06 bits per heavy atom. The molecule has 3 N–H and O–H groups in total. The van der Waals surface area contributed by atoms with Gasteiger partial charge in [-0.15, -0.1) is 0 Å². The van der Waals surface area contributed by atoms with E-state index in [1.807, 2.05) is 13.8 Å². The third kappa shape index (κ3) is 4.68. The van der Waals surface area contributed by atoms with Crippen molar-refractivity contribution < 1.29 is 14.3 Å². The Kier molecular flexibility index (Phi) is 6.10. The molecule has 0 fully saturated rings. The third-order valence-corrected chi connectivity index (χ3v) is 2.15. The van der Waals surface area contributed by atoms with E-state index in [1.165, 1.54) is 6.20 Å². The van der Waals surface area contributed by atoms with Gasteiger partial charge in [-0.1, -0.05) is 0 Å². The minimum Gasteiger partial charge on any atom is -0.397 e. The zero-order valence-electron chi connectivity index (χ0n) is 10.7. The third-order valence-electron chi connectivity index (χ3n) is 2.15. The number of rotatable bonds is 7. The monoisotopic (exact) mass is 253 g/mol. The summed E-state index contributed by atoms with van der Waals surface area (Å²) in [6.45, 7) is 5.08. The Hall–Kier alpha value is -1.66. The van der Waals surface area contributed by atoms with E-state index in [2.05, 4.69) is 10.3 Å². The maximum atomic E-state index is 11.7. The lowest BCUT2D eigenvalue weighted by atomic mass is 10.3. The Bertz CT molecular complexity index is 361. The number of aromatic nitrogens is 1. The van der Waals surface area contributed by atoms with Crippen LogP contribution in [0.2, 0.25) is 0 Å². The van der Waals surface area contributed by atoms with Crippen molar-refractivity contribution in [2.75, 3.05) is 25.5 Å². The molecule has 0 aliphatic rings. The fourth-order valence-corrected chi connectivity index (χ4v) is 1.34. The van der Waals surface area contributed by atoms with E-state index in [1.54, 1.807) is 12.1 Å². The van der Waals surface area contributed by atoms with Crippen LogP contribution >= 0.6 is 0 Å². The average Bonchev–Trinajstić information content (AvgIpc) is 2.37. The number of ether oxygens (including phenoxy) is 2. The van der Waals surface area contributed by atoms with Gasteiger partial charge >= 0.3 is 0 Å². The van der Waals surface area contributed by atoms with Gasteiger partial charge in [-0.3, -0.25) is 4.79 Å². The van der Waals surface area contributed by atoms with Crippen molar-refractivity contribution in [2.24, 2.45) is 0 Å². The van der Waals surface area contributed by atoms with Crippen LogP contribution in [0.3, 0.4) is 0 Å². The molecular formula is C12H19N3O3. The summed E-state index contributed by atoms with van der Waals surface area (Å²) in [7, 11) is 0. The van der Waals surface area contributed by atoms with E-state index in [-0.39, 0.29) is 12.5 Å². The fraction of sp³-hybridized carbons (Fsp3) is 0.500. The van der Waals surface area contributed by atoms with Crippen LogP contribution in [-0.4, -0.2) is 36.9 Å². The predicted octanol–water partition coefficient (Wildman–Crippen LogP) is 0.793. The van der Waals surface area contributed by atoms with Gasteiger partial charge in [-0.05, 0) is 26.0 Å². The van der Waals surface area contributed by atoms with Crippen molar-refractivity contribution in [2.45, 2.75) is 20.1 Å². The fourth-order valence-electron chi connectivity index (χ4n) is 1.34. The molecule has 6 nitrogen and oxygen atoms in total. The molecule has 1 amide bonds. The Balaban J connectivity index is 2.46. The molecule has 0 saturated carbocycles. The van der Waals surface area contributed by atoms with Crippen molar-refractivity contribution in [3.8, 4) is 0 Å². The smallest absolute Gasteiger partial charge is 0.270 e. The molecule has 0 aromatic carbocycles. The van der Waals surface area contributed by atoms with E-state index in [0.29, 0.717) is 24.6 Å². The molecule has 1 aromatic heterocycles. The topological polar surface area (TPSA) is 86.5 Å². The quantitative estimate of drug-likeness (QED) is 0.702. The van der Waals surface area contributed by atoms with E-state index < -0.39 is 6.29 Å². The molecule has 0 unspecified atom stereocenters. The highest BCUT2D eigenvalue weighted by atomic mass is 16.7. The Morgan fingerprint density at radius 1 is 1.39 bits per heavy atom. The van der Waals surface area contributed by atoms with Crippen LogP contribution in [0, 0.1) is 0 Å². The summed E-state index contributed by atoms with van der Waals surface area (Å²) in [5.74, 6) is -0.278. The number of nitrogens with one attached hydrogen (secondary N) is 1. The number of nitrogens with zero attached hydrogens (tertiary/aromatic N) is 1. The highest BCUT2D eigenvalue weighted by Gasteiger charge is 2.11. The number of hydrogen-bond donors (Lipinski definition) is 2. The first-order valence-electron chi connectivity index (χ1n) is 5.90. The Labute approximate surface area is 106 Å². The molecule has 0 bridgehead atoms. The molecule has 0 aliphatic carbocycles. The van der Waals surface area contributed by atoms with Crippen LogP contribution in [0.1, 0.15) is 24.3 Å².